The van der Waals surface area contributed by atoms with Crippen LogP contribution in [0.2, 0.25) is 10.0 Å². The maximum absolute atomic E-state index is 10.6. The average molecular weight is 276 g/mol. The smallest absolute Gasteiger partial charge is 0.272 e. The van der Waals surface area contributed by atoms with Gasteiger partial charge in [-0.1, -0.05) is 23.2 Å². The first kappa shape index (κ1) is 12.4. The van der Waals surface area contributed by atoms with Gasteiger partial charge in [-0.2, -0.15) is 0 Å². The van der Waals surface area contributed by atoms with Crippen LogP contribution in [0, 0.1) is 10.1 Å². The summed E-state index contributed by atoms with van der Waals surface area (Å²) in [5, 5.41) is 11.2. The molecule has 1 heterocycles. The van der Waals surface area contributed by atoms with Crippen molar-refractivity contribution in [1.82, 2.24) is 0 Å². The van der Waals surface area contributed by atoms with Crippen molar-refractivity contribution >= 4 is 34.6 Å². The van der Waals surface area contributed by atoms with Crippen LogP contribution in [-0.2, 0) is 0 Å². The average Bonchev–Trinajstić information content (AvgIpc) is 2.63. The van der Waals surface area contributed by atoms with Crippen molar-refractivity contribution in [2.24, 2.45) is 5.73 Å². The van der Waals surface area contributed by atoms with Crippen LogP contribution in [0.15, 0.2) is 12.1 Å². The third-order valence-electron chi connectivity index (χ3n) is 2.75. The molecular formula is C10H11Cl2N3O2. The summed E-state index contributed by atoms with van der Waals surface area (Å²) in [7, 11) is 0. The largest absolute Gasteiger partial charge is 0.368 e. The third kappa shape index (κ3) is 2.46. The first-order valence-corrected chi connectivity index (χ1v) is 5.88. The summed E-state index contributed by atoms with van der Waals surface area (Å²) in [5.74, 6) is 0. The number of halogens is 2. The van der Waals surface area contributed by atoms with Gasteiger partial charge in [0.1, 0.15) is 0 Å². The summed E-state index contributed by atoms with van der Waals surface area (Å²) >= 11 is 12.1. The van der Waals surface area contributed by atoms with E-state index in [2.05, 4.69) is 0 Å². The van der Waals surface area contributed by atoms with Gasteiger partial charge in [-0.05, 0) is 6.42 Å². The van der Waals surface area contributed by atoms with Crippen LogP contribution in [0.1, 0.15) is 6.42 Å². The summed E-state index contributed by atoms with van der Waals surface area (Å²) in [6, 6.07) is 2.72. The Balaban J connectivity index is 2.38. The van der Waals surface area contributed by atoms with E-state index in [0.717, 1.165) is 13.0 Å². The minimum Gasteiger partial charge on any atom is -0.368 e. The lowest BCUT2D eigenvalue weighted by molar-refractivity contribution is -0.384. The highest BCUT2D eigenvalue weighted by Crippen LogP contribution is 2.38. The van der Waals surface area contributed by atoms with Crippen molar-refractivity contribution in [2.75, 3.05) is 18.0 Å². The van der Waals surface area contributed by atoms with Gasteiger partial charge in [0.25, 0.3) is 5.69 Å². The number of nitro groups is 1. The molecule has 92 valence electrons. The molecule has 0 amide bonds. The second-order valence-electron chi connectivity index (χ2n) is 4.01. The standard InChI is InChI=1S/C10H11Cl2N3O2/c11-8-3-7(15(16)17)4-9(12)10(8)14-2-1-6(13)5-14/h3-4,6H,1-2,5,13H2. The summed E-state index contributed by atoms with van der Waals surface area (Å²) in [6.07, 6.45) is 0.865. The van der Waals surface area contributed by atoms with E-state index in [1.807, 2.05) is 4.90 Å². The van der Waals surface area contributed by atoms with Crippen LogP contribution in [0.5, 0.6) is 0 Å². The van der Waals surface area contributed by atoms with E-state index in [1.54, 1.807) is 0 Å². The van der Waals surface area contributed by atoms with Crippen LogP contribution < -0.4 is 10.6 Å². The highest BCUT2D eigenvalue weighted by atomic mass is 35.5. The van der Waals surface area contributed by atoms with Crippen LogP contribution in [0.25, 0.3) is 0 Å². The van der Waals surface area contributed by atoms with Gasteiger partial charge in [0, 0.05) is 31.3 Å². The molecule has 1 saturated heterocycles. The molecule has 1 unspecified atom stereocenters. The van der Waals surface area contributed by atoms with Crippen molar-refractivity contribution < 1.29 is 4.92 Å². The van der Waals surface area contributed by atoms with Crippen LogP contribution in [-0.4, -0.2) is 24.1 Å². The van der Waals surface area contributed by atoms with Crippen molar-refractivity contribution in [3.63, 3.8) is 0 Å². The molecule has 1 aliphatic heterocycles. The molecule has 17 heavy (non-hydrogen) atoms. The quantitative estimate of drug-likeness (QED) is 0.665. The Kier molecular flexibility index (Phi) is 3.42. The molecule has 0 radical (unpaired) electrons. The monoisotopic (exact) mass is 275 g/mol. The summed E-state index contributed by atoms with van der Waals surface area (Å²) in [6.45, 7) is 1.43. The Morgan fingerprint density at radius 2 is 2.00 bits per heavy atom. The molecule has 1 aromatic rings. The molecule has 7 heteroatoms. The minimum atomic E-state index is -0.517. The SMILES string of the molecule is NC1CCN(c2c(Cl)cc([N+](=O)[O-])cc2Cl)C1. The Morgan fingerprint density at radius 1 is 1.41 bits per heavy atom. The Bertz CT molecular complexity index is 444. The van der Waals surface area contributed by atoms with E-state index in [-0.39, 0.29) is 11.7 Å². The van der Waals surface area contributed by atoms with Gasteiger partial charge >= 0.3 is 0 Å². The second kappa shape index (κ2) is 4.68. The normalized spacial score (nSPS) is 19.7. The number of rotatable bonds is 2. The van der Waals surface area contributed by atoms with Gasteiger partial charge < -0.3 is 10.6 Å². The van der Waals surface area contributed by atoms with E-state index < -0.39 is 4.92 Å². The van der Waals surface area contributed by atoms with Gasteiger partial charge in [-0.3, -0.25) is 10.1 Å². The van der Waals surface area contributed by atoms with Crippen LogP contribution in [0.4, 0.5) is 11.4 Å². The minimum absolute atomic E-state index is 0.0947. The predicted octanol–water partition coefficient (Wildman–Crippen LogP) is 2.44. The molecule has 5 nitrogen and oxygen atoms in total. The van der Waals surface area contributed by atoms with Gasteiger partial charge in [0.2, 0.25) is 0 Å². The van der Waals surface area contributed by atoms with Gasteiger partial charge in [0.05, 0.1) is 20.7 Å². The Labute approximate surface area is 108 Å². The number of non-ortho nitro benzene ring substituents is 1. The number of nitrogens with zero attached hydrogens (tertiary/aromatic N) is 2. The molecule has 0 bridgehead atoms. The van der Waals surface area contributed by atoms with E-state index in [0.29, 0.717) is 22.3 Å². The summed E-state index contributed by atoms with van der Waals surface area (Å²) in [5.41, 5.74) is 6.33. The zero-order chi connectivity index (χ0) is 12.6. The molecule has 1 atom stereocenters. The van der Waals surface area contributed by atoms with E-state index in [1.165, 1.54) is 12.1 Å². The van der Waals surface area contributed by atoms with E-state index in [9.17, 15) is 10.1 Å². The molecule has 1 aromatic carbocycles. The second-order valence-corrected chi connectivity index (χ2v) is 4.82. The number of benzene rings is 1. The number of nitrogens with two attached hydrogens (primary N) is 1. The molecule has 0 saturated carbocycles. The zero-order valence-electron chi connectivity index (χ0n) is 8.90. The predicted molar refractivity (Wildman–Crippen MR) is 67.9 cm³/mol. The third-order valence-corrected chi connectivity index (χ3v) is 3.33. The van der Waals surface area contributed by atoms with Gasteiger partial charge in [0.15, 0.2) is 0 Å². The lowest BCUT2D eigenvalue weighted by Gasteiger charge is -2.20. The molecule has 1 aliphatic rings. The van der Waals surface area contributed by atoms with Crippen molar-refractivity contribution in [1.29, 1.82) is 0 Å². The van der Waals surface area contributed by atoms with Crippen LogP contribution >= 0.6 is 23.2 Å². The van der Waals surface area contributed by atoms with Crippen molar-refractivity contribution in [2.45, 2.75) is 12.5 Å². The molecular weight excluding hydrogens is 265 g/mol. The van der Waals surface area contributed by atoms with Crippen molar-refractivity contribution in [3.8, 4) is 0 Å². The lowest BCUT2D eigenvalue weighted by atomic mass is 10.2. The number of hydrogen-bond donors (Lipinski definition) is 1. The summed E-state index contributed by atoms with van der Waals surface area (Å²) in [4.78, 5) is 12.1. The van der Waals surface area contributed by atoms with E-state index >= 15 is 0 Å². The zero-order valence-corrected chi connectivity index (χ0v) is 10.4. The fraction of sp³-hybridized carbons (Fsp3) is 0.400. The number of nitro benzene ring substituents is 1. The first-order chi connectivity index (χ1) is 7.99. The van der Waals surface area contributed by atoms with Gasteiger partial charge in [-0.15, -0.1) is 0 Å². The maximum Gasteiger partial charge on any atom is 0.272 e. The number of anilines is 1. The maximum atomic E-state index is 10.6. The van der Waals surface area contributed by atoms with E-state index in [4.69, 9.17) is 28.9 Å². The molecule has 1 fully saturated rings. The lowest BCUT2D eigenvalue weighted by Crippen LogP contribution is -2.26. The first-order valence-electron chi connectivity index (χ1n) is 5.13. The molecule has 0 spiro atoms. The highest BCUT2D eigenvalue weighted by molar-refractivity contribution is 6.39. The Morgan fingerprint density at radius 3 is 2.41 bits per heavy atom. The topological polar surface area (TPSA) is 72.4 Å². The van der Waals surface area contributed by atoms with Crippen molar-refractivity contribution in [3.05, 3.63) is 32.3 Å². The summed E-state index contributed by atoms with van der Waals surface area (Å²) < 4.78 is 0. The molecule has 0 aliphatic carbocycles. The Hall–Kier alpha value is -1.04. The highest BCUT2D eigenvalue weighted by Gasteiger charge is 2.25. The molecule has 0 aromatic heterocycles. The van der Waals surface area contributed by atoms with Gasteiger partial charge in [-0.25, -0.2) is 0 Å². The number of hydrogen-bond acceptors (Lipinski definition) is 4. The fourth-order valence-corrected chi connectivity index (χ4v) is 2.66. The fourth-order valence-electron chi connectivity index (χ4n) is 1.95. The molecule has 2 rings (SSSR count). The molecule has 2 N–H and O–H groups in total. The van der Waals surface area contributed by atoms with Crippen LogP contribution in [0.3, 0.4) is 0 Å².